The highest BCUT2D eigenvalue weighted by molar-refractivity contribution is 5.76. The third-order valence-electron chi connectivity index (χ3n) is 6.61. The van der Waals surface area contributed by atoms with Crippen LogP contribution in [-0.4, -0.2) is 12.1 Å². The Hall–Kier alpha value is -0.530. The van der Waals surface area contributed by atoms with Crippen molar-refractivity contribution in [3.8, 4) is 0 Å². The summed E-state index contributed by atoms with van der Waals surface area (Å²) in [6, 6.07) is 0. The van der Waals surface area contributed by atoms with Crippen LogP contribution in [0.15, 0.2) is 0 Å². The second-order valence-corrected chi connectivity index (χ2v) is 7.44. The van der Waals surface area contributed by atoms with E-state index < -0.39 is 0 Å². The quantitative estimate of drug-likeness (QED) is 0.664. The van der Waals surface area contributed by atoms with Crippen LogP contribution in [0.25, 0.3) is 0 Å². The monoisotopic (exact) mass is 264 g/mol. The lowest BCUT2D eigenvalue weighted by atomic mass is 9.64. The van der Waals surface area contributed by atoms with Crippen LogP contribution in [0.3, 0.4) is 0 Å². The van der Waals surface area contributed by atoms with Gasteiger partial charge in [0.25, 0.3) is 0 Å². The molecule has 0 radical (unpaired) electrons. The summed E-state index contributed by atoms with van der Waals surface area (Å²) >= 11 is 0. The number of esters is 1. The summed E-state index contributed by atoms with van der Waals surface area (Å²) in [5.41, 5.74) is 0.150. The predicted octanol–water partition coefficient (Wildman–Crippen LogP) is 4.18. The Balaban J connectivity index is 1.88. The van der Waals surface area contributed by atoms with Crippen molar-refractivity contribution in [2.24, 2.45) is 29.1 Å². The number of hydrogen-bond acceptors (Lipinski definition) is 2. The number of cyclic esters (lactones) is 1. The SMILES string of the molecule is CCC12C[C@@H]3CC[C@@H](C)CC3CC[C@H]1C(=O)O[C@@H]2C. The standard InChI is InChI=1S/C17H28O2/c1-4-17-10-14-6-5-11(2)9-13(14)7-8-15(17)16(18)19-12(17)3/h11-15H,4-10H2,1-3H3/t11-,12-,13?,14+,15+,17?/m1/s1. The maximum atomic E-state index is 12.2. The van der Waals surface area contributed by atoms with Gasteiger partial charge in [-0.2, -0.15) is 0 Å². The lowest BCUT2D eigenvalue weighted by Gasteiger charge is -2.39. The van der Waals surface area contributed by atoms with Crippen molar-refractivity contribution < 1.29 is 9.53 Å². The summed E-state index contributed by atoms with van der Waals surface area (Å²) in [6.07, 6.45) is 8.94. The number of rotatable bonds is 1. The molecule has 1 heterocycles. The molecule has 108 valence electrons. The Morgan fingerprint density at radius 1 is 1.16 bits per heavy atom. The van der Waals surface area contributed by atoms with E-state index in [-0.39, 0.29) is 23.4 Å². The van der Waals surface area contributed by atoms with Crippen molar-refractivity contribution in [1.82, 2.24) is 0 Å². The first-order chi connectivity index (χ1) is 9.06. The predicted molar refractivity (Wildman–Crippen MR) is 75.6 cm³/mol. The largest absolute Gasteiger partial charge is 0.462 e. The Morgan fingerprint density at radius 2 is 1.89 bits per heavy atom. The highest BCUT2D eigenvalue weighted by Gasteiger charge is 2.56. The first-order valence-electron chi connectivity index (χ1n) is 8.27. The van der Waals surface area contributed by atoms with Crippen LogP contribution < -0.4 is 0 Å². The van der Waals surface area contributed by atoms with Crippen molar-refractivity contribution in [2.75, 3.05) is 0 Å². The van der Waals surface area contributed by atoms with Crippen molar-refractivity contribution in [1.29, 1.82) is 0 Å². The lowest BCUT2D eigenvalue weighted by Crippen LogP contribution is -2.36. The average molecular weight is 264 g/mol. The zero-order valence-electron chi connectivity index (χ0n) is 12.7. The van der Waals surface area contributed by atoms with E-state index in [0.717, 1.165) is 30.6 Å². The molecule has 2 aliphatic carbocycles. The molecule has 0 N–H and O–H groups in total. The number of carbonyl (C=O) groups is 1. The zero-order chi connectivity index (χ0) is 13.6. The third-order valence-corrected chi connectivity index (χ3v) is 6.61. The molecule has 0 aromatic heterocycles. The summed E-state index contributed by atoms with van der Waals surface area (Å²) in [7, 11) is 0. The highest BCUT2D eigenvalue weighted by Crippen LogP contribution is 2.56. The molecule has 3 rings (SSSR count). The van der Waals surface area contributed by atoms with Crippen molar-refractivity contribution in [2.45, 2.75) is 71.8 Å². The van der Waals surface area contributed by atoms with Gasteiger partial charge in [-0.25, -0.2) is 0 Å². The molecule has 19 heavy (non-hydrogen) atoms. The molecule has 0 aromatic rings. The number of ether oxygens (including phenoxy) is 1. The minimum atomic E-state index is 0.0982. The number of hydrogen-bond donors (Lipinski definition) is 0. The molecule has 0 amide bonds. The molecule has 2 unspecified atom stereocenters. The number of fused-ring (bicyclic) bond motifs is 2. The molecular weight excluding hydrogens is 236 g/mol. The van der Waals surface area contributed by atoms with E-state index in [0.29, 0.717) is 0 Å². The minimum absolute atomic E-state index is 0.0982. The van der Waals surface area contributed by atoms with Crippen molar-refractivity contribution in [3.63, 3.8) is 0 Å². The van der Waals surface area contributed by atoms with Gasteiger partial charge in [0.2, 0.25) is 0 Å². The average Bonchev–Trinajstić information content (AvgIpc) is 2.54. The van der Waals surface area contributed by atoms with Gasteiger partial charge in [0.15, 0.2) is 0 Å². The maximum Gasteiger partial charge on any atom is 0.309 e. The molecule has 6 atom stereocenters. The molecule has 3 fully saturated rings. The zero-order valence-corrected chi connectivity index (χ0v) is 12.7. The second kappa shape index (κ2) is 4.79. The van der Waals surface area contributed by atoms with Crippen molar-refractivity contribution >= 4 is 5.97 Å². The van der Waals surface area contributed by atoms with E-state index in [2.05, 4.69) is 20.8 Å². The van der Waals surface area contributed by atoms with Gasteiger partial charge in [-0.1, -0.05) is 20.3 Å². The van der Waals surface area contributed by atoms with E-state index >= 15 is 0 Å². The first-order valence-corrected chi connectivity index (χ1v) is 8.27. The van der Waals surface area contributed by atoms with Crippen LogP contribution in [0.4, 0.5) is 0 Å². The lowest BCUT2D eigenvalue weighted by molar-refractivity contribution is -0.144. The van der Waals surface area contributed by atoms with Gasteiger partial charge in [0, 0.05) is 5.41 Å². The Labute approximate surface area is 117 Å². The summed E-state index contributed by atoms with van der Waals surface area (Å²) in [6.45, 7) is 6.79. The van der Waals surface area contributed by atoms with Crippen LogP contribution in [0.2, 0.25) is 0 Å². The molecule has 0 bridgehead atoms. The molecule has 2 nitrogen and oxygen atoms in total. The molecular formula is C17H28O2. The molecule has 0 aromatic carbocycles. The molecule has 2 heteroatoms. The summed E-state index contributed by atoms with van der Waals surface area (Å²) in [5.74, 6) is 2.89. The fourth-order valence-corrected chi connectivity index (χ4v) is 5.34. The summed E-state index contributed by atoms with van der Waals surface area (Å²) in [5, 5.41) is 0. The third kappa shape index (κ3) is 2.02. The topological polar surface area (TPSA) is 26.3 Å². The van der Waals surface area contributed by atoms with Crippen LogP contribution >= 0.6 is 0 Å². The normalized spacial score (nSPS) is 50.1. The second-order valence-electron chi connectivity index (χ2n) is 7.44. The van der Waals surface area contributed by atoms with E-state index in [4.69, 9.17) is 4.74 Å². The van der Waals surface area contributed by atoms with Gasteiger partial charge >= 0.3 is 5.97 Å². The van der Waals surface area contributed by atoms with Gasteiger partial charge in [0.05, 0.1) is 5.92 Å². The molecule has 1 saturated heterocycles. The smallest absolute Gasteiger partial charge is 0.309 e. The van der Waals surface area contributed by atoms with E-state index in [1.165, 1.54) is 32.1 Å². The van der Waals surface area contributed by atoms with E-state index in [9.17, 15) is 4.79 Å². The van der Waals surface area contributed by atoms with Gasteiger partial charge in [-0.3, -0.25) is 4.79 Å². The van der Waals surface area contributed by atoms with Crippen LogP contribution in [0.1, 0.15) is 65.7 Å². The maximum absolute atomic E-state index is 12.2. The molecule has 3 aliphatic rings. The van der Waals surface area contributed by atoms with Crippen LogP contribution in [0.5, 0.6) is 0 Å². The van der Waals surface area contributed by atoms with Crippen molar-refractivity contribution in [3.05, 3.63) is 0 Å². The summed E-state index contributed by atoms with van der Waals surface area (Å²) < 4.78 is 5.62. The van der Waals surface area contributed by atoms with Gasteiger partial charge in [0.1, 0.15) is 6.10 Å². The van der Waals surface area contributed by atoms with Crippen LogP contribution in [-0.2, 0) is 9.53 Å². The van der Waals surface area contributed by atoms with Gasteiger partial charge in [-0.05, 0) is 63.2 Å². The Kier molecular flexibility index (Phi) is 3.39. The highest BCUT2D eigenvalue weighted by atomic mass is 16.6. The van der Waals surface area contributed by atoms with Gasteiger partial charge in [-0.15, -0.1) is 0 Å². The Morgan fingerprint density at radius 3 is 2.63 bits per heavy atom. The molecule has 1 aliphatic heterocycles. The molecule has 0 spiro atoms. The minimum Gasteiger partial charge on any atom is -0.462 e. The first kappa shape index (κ1) is 13.5. The van der Waals surface area contributed by atoms with E-state index in [1.54, 1.807) is 0 Å². The van der Waals surface area contributed by atoms with E-state index in [1.807, 2.05) is 0 Å². The van der Waals surface area contributed by atoms with Gasteiger partial charge < -0.3 is 4.74 Å². The summed E-state index contributed by atoms with van der Waals surface area (Å²) in [4.78, 5) is 12.2. The van der Waals surface area contributed by atoms with Crippen LogP contribution in [0, 0.1) is 29.1 Å². The fourth-order valence-electron chi connectivity index (χ4n) is 5.34. The molecule has 2 saturated carbocycles. The number of carbonyl (C=O) groups excluding carboxylic acids is 1. The Bertz CT molecular complexity index is 364. The fraction of sp³-hybridized carbons (Fsp3) is 0.941.